The van der Waals surface area contributed by atoms with Gasteiger partial charge >= 0.3 is 0 Å². The summed E-state index contributed by atoms with van der Waals surface area (Å²) >= 11 is 0. The van der Waals surface area contributed by atoms with Crippen molar-refractivity contribution in [2.24, 2.45) is 5.92 Å². The third-order valence-corrected chi connectivity index (χ3v) is 10.6. The van der Waals surface area contributed by atoms with Gasteiger partial charge in [-0.3, -0.25) is 4.79 Å². The number of aldehydes is 1. The van der Waals surface area contributed by atoms with E-state index >= 15 is 0 Å². The van der Waals surface area contributed by atoms with E-state index < -0.39 is 0 Å². The third-order valence-electron chi connectivity index (χ3n) is 10.6. The molecule has 0 aromatic carbocycles. The maximum Gasteiger partial charge on any atom is 0.290 e. The molecule has 1 unspecified atom stereocenters. The van der Waals surface area contributed by atoms with Gasteiger partial charge in [-0.15, -0.1) is 0 Å². The molecule has 0 bridgehead atoms. The third kappa shape index (κ3) is 49.0. The van der Waals surface area contributed by atoms with Gasteiger partial charge in [0.15, 0.2) is 0 Å². The van der Waals surface area contributed by atoms with Crippen LogP contribution in [-0.4, -0.2) is 67.3 Å². The number of unbranched alkanes of at least 4 members (excludes halogenated alkanes) is 22. The van der Waals surface area contributed by atoms with Gasteiger partial charge in [0.2, 0.25) is 0 Å². The summed E-state index contributed by atoms with van der Waals surface area (Å²) < 4.78 is 5.52. The quantitative estimate of drug-likeness (QED) is 0.0480. The molecule has 0 aromatic rings. The first-order chi connectivity index (χ1) is 25.5. The summed E-state index contributed by atoms with van der Waals surface area (Å²) in [6.07, 6.45) is 46.1. The Morgan fingerprint density at radius 1 is 0.481 bits per heavy atom. The van der Waals surface area contributed by atoms with Crippen LogP contribution >= 0.6 is 0 Å². The van der Waals surface area contributed by atoms with Gasteiger partial charge < -0.3 is 24.6 Å². The fourth-order valence-corrected chi connectivity index (χ4v) is 7.19. The standard InChI is InChI=1S/C30H61NO2.C15H32O.CH2O2/c1-3-5-7-9-12-16-22-30(23-17-13-10-8-6-4-2)24-18-14-11-15-19-25-31(27-29-33)26-20-21-28-32;1-4-6-8-9-10-12-14-15(16-3)13-11-7-5-2;2-1-3/h28,30,33H,3-27,29H2,1-2H3;15H,4-14H2,1-3H3;1H,(H,2,3). The maximum absolute atomic E-state index is 10.5. The zero-order chi connectivity index (χ0) is 39.0. The van der Waals surface area contributed by atoms with Crippen molar-refractivity contribution >= 4 is 12.8 Å². The predicted octanol–water partition coefficient (Wildman–Crippen LogP) is 13.8. The fourth-order valence-electron chi connectivity index (χ4n) is 7.19. The molecule has 0 heterocycles. The number of hydrogen-bond donors (Lipinski definition) is 2. The molecular weight excluding hydrogens is 647 g/mol. The second kappa shape index (κ2) is 52.1. The van der Waals surface area contributed by atoms with Gasteiger partial charge in [0.05, 0.1) is 12.7 Å². The number of ether oxygens (including phenoxy) is 1. The number of rotatable bonds is 40. The van der Waals surface area contributed by atoms with Gasteiger partial charge in [-0.1, -0.05) is 207 Å². The topological polar surface area (TPSA) is 87.1 Å². The van der Waals surface area contributed by atoms with E-state index in [9.17, 15) is 9.90 Å². The maximum atomic E-state index is 10.5. The molecule has 0 aromatic heterocycles. The van der Waals surface area contributed by atoms with Crippen LogP contribution in [0.25, 0.3) is 0 Å². The summed E-state index contributed by atoms with van der Waals surface area (Å²) in [4.78, 5) is 21.2. The van der Waals surface area contributed by atoms with Crippen LogP contribution in [0.5, 0.6) is 0 Å². The molecule has 0 spiro atoms. The van der Waals surface area contributed by atoms with Gasteiger partial charge in [0.25, 0.3) is 6.47 Å². The Kier molecular flexibility index (Phi) is 55.5. The largest absolute Gasteiger partial charge is 0.483 e. The highest BCUT2D eigenvalue weighted by molar-refractivity contribution is 5.49. The minimum Gasteiger partial charge on any atom is -0.483 e. The summed E-state index contributed by atoms with van der Waals surface area (Å²) in [5, 5.41) is 16.1. The van der Waals surface area contributed by atoms with E-state index in [1.165, 1.54) is 199 Å². The van der Waals surface area contributed by atoms with Crippen molar-refractivity contribution in [1.29, 1.82) is 0 Å². The van der Waals surface area contributed by atoms with Crippen molar-refractivity contribution in [3.8, 4) is 0 Å². The Labute approximate surface area is 326 Å². The Morgan fingerprint density at radius 3 is 1.19 bits per heavy atom. The van der Waals surface area contributed by atoms with Crippen molar-refractivity contribution in [2.45, 2.75) is 246 Å². The van der Waals surface area contributed by atoms with Crippen LogP contribution in [0.15, 0.2) is 0 Å². The van der Waals surface area contributed by atoms with E-state index in [4.69, 9.17) is 14.6 Å². The second-order valence-electron chi connectivity index (χ2n) is 15.4. The smallest absolute Gasteiger partial charge is 0.290 e. The van der Waals surface area contributed by atoms with Crippen LogP contribution in [0.4, 0.5) is 0 Å². The number of carbonyl (C=O) groups is 2. The second-order valence-corrected chi connectivity index (χ2v) is 15.4. The zero-order valence-corrected chi connectivity index (χ0v) is 36.0. The number of aliphatic hydroxyl groups is 1. The molecule has 52 heavy (non-hydrogen) atoms. The molecule has 0 fully saturated rings. The normalized spacial score (nSPS) is 11.6. The van der Waals surface area contributed by atoms with Crippen molar-refractivity contribution < 1.29 is 24.5 Å². The summed E-state index contributed by atoms with van der Waals surface area (Å²) in [7, 11) is 1.87. The first kappa shape index (κ1) is 55.4. The molecule has 0 aliphatic heterocycles. The lowest BCUT2D eigenvalue weighted by Crippen LogP contribution is -2.29. The number of carbonyl (C=O) groups excluding carboxylic acids is 1. The van der Waals surface area contributed by atoms with E-state index in [0.29, 0.717) is 12.5 Å². The van der Waals surface area contributed by atoms with Gasteiger partial charge in [-0.25, -0.2) is 0 Å². The average Bonchev–Trinajstić information content (AvgIpc) is 3.15. The van der Waals surface area contributed by atoms with Gasteiger partial charge in [-0.05, 0) is 44.7 Å². The fraction of sp³-hybridized carbons (Fsp3) is 0.957. The van der Waals surface area contributed by atoms with Crippen molar-refractivity contribution in [3.05, 3.63) is 0 Å². The molecule has 0 saturated heterocycles. The first-order valence-electron chi connectivity index (χ1n) is 22.9. The molecule has 6 nitrogen and oxygen atoms in total. The molecule has 6 heteroatoms. The highest BCUT2D eigenvalue weighted by Crippen LogP contribution is 2.25. The van der Waals surface area contributed by atoms with Gasteiger partial charge in [0.1, 0.15) is 6.29 Å². The van der Waals surface area contributed by atoms with E-state index in [-0.39, 0.29) is 13.1 Å². The Hall–Kier alpha value is -0.980. The Morgan fingerprint density at radius 2 is 0.808 bits per heavy atom. The molecule has 0 aliphatic rings. The van der Waals surface area contributed by atoms with E-state index in [1.807, 2.05) is 7.11 Å². The molecule has 0 rings (SSSR count). The predicted molar refractivity (Wildman–Crippen MR) is 228 cm³/mol. The first-order valence-corrected chi connectivity index (χ1v) is 22.9. The van der Waals surface area contributed by atoms with E-state index in [1.54, 1.807) is 0 Å². The molecule has 0 aliphatic carbocycles. The number of aliphatic hydroxyl groups excluding tert-OH is 1. The van der Waals surface area contributed by atoms with Crippen LogP contribution in [0, 0.1) is 5.92 Å². The van der Waals surface area contributed by atoms with Crippen molar-refractivity contribution in [2.75, 3.05) is 33.4 Å². The molecule has 0 amide bonds. The van der Waals surface area contributed by atoms with Crippen molar-refractivity contribution in [1.82, 2.24) is 4.90 Å². The summed E-state index contributed by atoms with van der Waals surface area (Å²) in [6, 6.07) is 0. The molecule has 1 atom stereocenters. The van der Waals surface area contributed by atoms with Gasteiger partial charge in [0, 0.05) is 20.1 Å². The number of nitrogens with zero attached hydrogens (tertiary/aromatic N) is 1. The minimum atomic E-state index is -0.250. The highest BCUT2D eigenvalue weighted by Gasteiger charge is 2.10. The van der Waals surface area contributed by atoms with Crippen LogP contribution in [0.1, 0.15) is 240 Å². The summed E-state index contributed by atoms with van der Waals surface area (Å²) in [5.41, 5.74) is 0. The summed E-state index contributed by atoms with van der Waals surface area (Å²) in [6.45, 7) is 11.9. The molecule has 0 saturated carbocycles. The lowest BCUT2D eigenvalue weighted by Gasteiger charge is -2.20. The average molecular weight is 742 g/mol. The van der Waals surface area contributed by atoms with E-state index in [0.717, 1.165) is 38.3 Å². The number of methoxy groups -OCH3 is 1. The zero-order valence-electron chi connectivity index (χ0n) is 36.0. The molecular formula is C46H95NO5. The Bertz CT molecular complexity index is 618. The Balaban J connectivity index is -0.00000105. The van der Waals surface area contributed by atoms with Crippen LogP contribution in [-0.2, 0) is 14.3 Å². The SMILES string of the molecule is CCCCCCCCC(CCCCC)OC.CCCCCCCCC(CCCCCCCC)CCCCCCCN(CCO)CCCC=O.O=CO. The van der Waals surface area contributed by atoms with E-state index in [2.05, 4.69) is 32.6 Å². The highest BCUT2D eigenvalue weighted by atomic mass is 16.5. The molecule has 2 N–H and O–H groups in total. The van der Waals surface area contributed by atoms with Crippen LogP contribution in [0.2, 0.25) is 0 Å². The lowest BCUT2D eigenvalue weighted by atomic mass is 9.89. The monoisotopic (exact) mass is 742 g/mol. The number of carboxylic acid groups (broad SMARTS) is 1. The molecule has 0 radical (unpaired) electrons. The van der Waals surface area contributed by atoms with Crippen LogP contribution in [0.3, 0.4) is 0 Å². The van der Waals surface area contributed by atoms with Crippen LogP contribution < -0.4 is 0 Å². The minimum absolute atomic E-state index is 0.222. The van der Waals surface area contributed by atoms with Gasteiger partial charge in [-0.2, -0.15) is 0 Å². The molecule has 314 valence electrons. The summed E-state index contributed by atoms with van der Waals surface area (Å²) in [5.74, 6) is 0.972. The lowest BCUT2D eigenvalue weighted by molar-refractivity contribution is -0.122. The number of hydrogen-bond acceptors (Lipinski definition) is 5. The van der Waals surface area contributed by atoms with Crippen molar-refractivity contribution in [3.63, 3.8) is 0 Å².